The van der Waals surface area contributed by atoms with Gasteiger partial charge in [-0.25, -0.2) is 4.68 Å². The number of aryl methyl sites for hydroxylation is 1. The molecule has 19 heavy (non-hydrogen) atoms. The third-order valence-electron chi connectivity index (χ3n) is 3.77. The molecule has 0 unspecified atom stereocenters. The van der Waals surface area contributed by atoms with Crippen LogP contribution in [0.2, 0.25) is 0 Å². The van der Waals surface area contributed by atoms with Crippen molar-refractivity contribution in [1.29, 1.82) is 5.26 Å². The Morgan fingerprint density at radius 2 is 2.16 bits per heavy atom. The smallest absolute Gasteiger partial charge is 0.168 e. The van der Waals surface area contributed by atoms with Crippen LogP contribution in [-0.4, -0.2) is 15.8 Å². The van der Waals surface area contributed by atoms with Crippen molar-refractivity contribution in [2.24, 2.45) is 0 Å². The first kappa shape index (κ1) is 13.7. The van der Waals surface area contributed by atoms with Crippen LogP contribution < -0.4 is 11.1 Å². The molecule has 104 valence electrons. The minimum Gasteiger partial charge on any atom is -0.383 e. The van der Waals surface area contributed by atoms with Gasteiger partial charge in [0.2, 0.25) is 0 Å². The molecule has 0 spiro atoms. The Balaban J connectivity index is 2.12. The molecule has 1 fully saturated rings. The third-order valence-corrected chi connectivity index (χ3v) is 3.77. The molecule has 1 aliphatic rings. The van der Waals surface area contributed by atoms with Gasteiger partial charge in [-0.1, -0.05) is 32.6 Å². The number of hydrogen-bond donors (Lipinski definition) is 2. The number of rotatable bonds is 5. The second-order valence-corrected chi connectivity index (χ2v) is 5.28. The second kappa shape index (κ2) is 6.46. The van der Waals surface area contributed by atoms with Gasteiger partial charge in [0.15, 0.2) is 5.82 Å². The van der Waals surface area contributed by atoms with Crippen LogP contribution in [0.15, 0.2) is 0 Å². The van der Waals surface area contributed by atoms with E-state index in [1.807, 2.05) is 0 Å². The Hall–Kier alpha value is -1.70. The van der Waals surface area contributed by atoms with E-state index in [1.54, 1.807) is 4.68 Å². The van der Waals surface area contributed by atoms with E-state index in [2.05, 4.69) is 23.4 Å². The average molecular weight is 261 g/mol. The van der Waals surface area contributed by atoms with Crippen LogP contribution in [0.4, 0.5) is 11.6 Å². The van der Waals surface area contributed by atoms with Gasteiger partial charge in [-0.3, -0.25) is 0 Å². The summed E-state index contributed by atoms with van der Waals surface area (Å²) in [5, 5.41) is 17.1. The number of unbranched alkanes of at least 4 members (excludes halogenated alkanes) is 1. The van der Waals surface area contributed by atoms with Crippen molar-refractivity contribution in [3.63, 3.8) is 0 Å². The van der Waals surface area contributed by atoms with Crippen LogP contribution in [-0.2, 0) is 6.54 Å². The molecule has 1 aromatic heterocycles. The molecule has 0 bridgehead atoms. The van der Waals surface area contributed by atoms with Crippen LogP contribution in [0.25, 0.3) is 0 Å². The summed E-state index contributed by atoms with van der Waals surface area (Å²) in [6, 6.07) is 2.62. The molecule has 0 amide bonds. The van der Waals surface area contributed by atoms with Crippen molar-refractivity contribution in [2.45, 2.75) is 64.5 Å². The standard InChI is InChI=1S/C14H23N5/c1-2-3-9-19-13(16)12(10-15)14(18-19)17-11-7-5-4-6-8-11/h11H,2-9,16H2,1H3,(H,17,18). The van der Waals surface area contributed by atoms with Gasteiger partial charge in [-0.15, -0.1) is 0 Å². The summed E-state index contributed by atoms with van der Waals surface area (Å²) in [4.78, 5) is 0. The summed E-state index contributed by atoms with van der Waals surface area (Å²) in [7, 11) is 0. The van der Waals surface area contributed by atoms with E-state index in [0.29, 0.717) is 23.2 Å². The molecule has 0 radical (unpaired) electrons. The number of nitrogens with two attached hydrogens (primary N) is 1. The highest BCUT2D eigenvalue weighted by Gasteiger charge is 2.19. The Kier molecular flexibility index (Phi) is 4.67. The molecule has 5 nitrogen and oxygen atoms in total. The van der Waals surface area contributed by atoms with Crippen LogP contribution in [0.5, 0.6) is 0 Å². The predicted octanol–water partition coefficient (Wildman–Crippen LogP) is 2.88. The first-order valence-corrected chi connectivity index (χ1v) is 7.29. The van der Waals surface area contributed by atoms with E-state index in [1.165, 1.54) is 19.3 Å². The molecule has 0 aliphatic heterocycles. The summed E-state index contributed by atoms with van der Waals surface area (Å²) in [6.07, 6.45) is 8.26. The summed E-state index contributed by atoms with van der Waals surface area (Å²) in [5.74, 6) is 1.16. The zero-order chi connectivity index (χ0) is 13.7. The highest BCUT2D eigenvalue weighted by atomic mass is 15.3. The van der Waals surface area contributed by atoms with Crippen molar-refractivity contribution >= 4 is 11.6 Å². The van der Waals surface area contributed by atoms with E-state index < -0.39 is 0 Å². The molecule has 3 N–H and O–H groups in total. The number of aromatic nitrogens is 2. The van der Waals surface area contributed by atoms with Crippen LogP contribution >= 0.6 is 0 Å². The minimum atomic E-state index is 0.440. The van der Waals surface area contributed by atoms with Gasteiger partial charge in [-0.2, -0.15) is 10.4 Å². The molecule has 5 heteroatoms. The normalized spacial score (nSPS) is 16.2. The van der Waals surface area contributed by atoms with Crippen LogP contribution in [0.3, 0.4) is 0 Å². The molecule has 1 saturated carbocycles. The third kappa shape index (κ3) is 3.19. The van der Waals surface area contributed by atoms with E-state index in [0.717, 1.165) is 32.2 Å². The van der Waals surface area contributed by atoms with Gasteiger partial charge in [0.05, 0.1) is 0 Å². The molecule has 1 aromatic rings. The van der Waals surface area contributed by atoms with Crippen molar-refractivity contribution in [3.05, 3.63) is 5.56 Å². The molecule has 0 atom stereocenters. The molecule has 2 rings (SSSR count). The van der Waals surface area contributed by atoms with Crippen LogP contribution in [0, 0.1) is 11.3 Å². The topological polar surface area (TPSA) is 79.7 Å². The molecule has 0 saturated heterocycles. The van der Waals surface area contributed by atoms with E-state index in [-0.39, 0.29) is 0 Å². The Bertz CT molecular complexity index is 451. The van der Waals surface area contributed by atoms with Gasteiger partial charge in [-0.05, 0) is 19.3 Å². The molecule has 0 aromatic carbocycles. The Morgan fingerprint density at radius 3 is 2.79 bits per heavy atom. The number of hydrogen-bond acceptors (Lipinski definition) is 4. The highest BCUT2D eigenvalue weighted by Crippen LogP contribution is 2.26. The fourth-order valence-electron chi connectivity index (χ4n) is 2.60. The molecule has 1 aliphatic carbocycles. The number of nitriles is 1. The SMILES string of the molecule is CCCCn1nc(NC2CCCCC2)c(C#N)c1N. The van der Waals surface area contributed by atoms with Gasteiger partial charge < -0.3 is 11.1 Å². The number of anilines is 2. The second-order valence-electron chi connectivity index (χ2n) is 5.28. The van der Waals surface area contributed by atoms with E-state index in [4.69, 9.17) is 5.73 Å². The maximum Gasteiger partial charge on any atom is 0.168 e. The lowest BCUT2D eigenvalue weighted by Gasteiger charge is -2.22. The highest BCUT2D eigenvalue weighted by molar-refractivity contribution is 5.64. The van der Waals surface area contributed by atoms with E-state index in [9.17, 15) is 5.26 Å². The van der Waals surface area contributed by atoms with Gasteiger partial charge in [0, 0.05) is 12.6 Å². The monoisotopic (exact) mass is 261 g/mol. The van der Waals surface area contributed by atoms with Crippen molar-refractivity contribution in [3.8, 4) is 6.07 Å². The zero-order valence-electron chi connectivity index (χ0n) is 11.7. The predicted molar refractivity (Wildman–Crippen MR) is 76.8 cm³/mol. The first-order valence-electron chi connectivity index (χ1n) is 7.29. The lowest BCUT2D eigenvalue weighted by Crippen LogP contribution is -2.23. The average Bonchev–Trinajstić information content (AvgIpc) is 2.73. The number of nitrogens with zero attached hydrogens (tertiary/aromatic N) is 3. The Morgan fingerprint density at radius 1 is 1.42 bits per heavy atom. The van der Waals surface area contributed by atoms with E-state index >= 15 is 0 Å². The van der Waals surface area contributed by atoms with Crippen molar-refractivity contribution < 1.29 is 0 Å². The lowest BCUT2D eigenvalue weighted by atomic mass is 9.95. The minimum absolute atomic E-state index is 0.440. The molecular formula is C14H23N5. The maximum absolute atomic E-state index is 9.24. The fourth-order valence-corrected chi connectivity index (χ4v) is 2.60. The lowest BCUT2D eigenvalue weighted by molar-refractivity contribution is 0.461. The quantitative estimate of drug-likeness (QED) is 0.854. The number of nitrogen functional groups attached to an aromatic ring is 1. The maximum atomic E-state index is 9.24. The van der Waals surface area contributed by atoms with Crippen molar-refractivity contribution in [1.82, 2.24) is 9.78 Å². The van der Waals surface area contributed by atoms with Crippen LogP contribution in [0.1, 0.15) is 57.4 Å². The molecule has 1 heterocycles. The van der Waals surface area contributed by atoms with Gasteiger partial charge in [0.1, 0.15) is 17.5 Å². The summed E-state index contributed by atoms with van der Waals surface area (Å²) in [6.45, 7) is 2.91. The first-order chi connectivity index (χ1) is 9.26. The fraction of sp³-hybridized carbons (Fsp3) is 0.714. The zero-order valence-corrected chi connectivity index (χ0v) is 11.7. The molecular weight excluding hydrogens is 238 g/mol. The van der Waals surface area contributed by atoms with Crippen molar-refractivity contribution in [2.75, 3.05) is 11.1 Å². The summed E-state index contributed by atoms with van der Waals surface area (Å²) < 4.78 is 1.76. The van der Waals surface area contributed by atoms with Gasteiger partial charge >= 0.3 is 0 Å². The number of nitrogens with one attached hydrogen (secondary N) is 1. The summed E-state index contributed by atoms with van der Waals surface area (Å²) >= 11 is 0. The van der Waals surface area contributed by atoms with Gasteiger partial charge in [0.25, 0.3) is 0 Å². The Labute approximate surface area is 114 Å². The summed E-state index contributed by atoms with van der Waals surface area (Å²) in [5.41, 5.74) is 6.50. The largest absolute Gasteiger partial charge is 0.383 e.